The number of ether oxygens (including phenoxy) is 2. The van der Waals surface area contributed by atoms with Gasteiger partial charge in [0, 0.05) is 17.8 Å². The third-order valence-electron chi connectivity index (χ3n) is 4.11. The normalized spacial score (nSPS) is 18.8. The van der Waals surface area contributed by atoms with Crippen LogP contribution in [0.5, 0.6) is 11.5 Å². The zero-order chi connectivity index (χ0) is 16.9. The highest BCUT2D eigenvalue weighted by atomic mass is 35.5. The highest BCUT2D eigenvalue weighted by Crippen LogP contribution is 2.30. The van der Waals surface area contributed by atoms with Crippen molar-refractivity contribution < 1.29 is 19.1 Å². The third-order valence-corrected chi connectivity index (χ3v) is 4.11. The van der Waals surface area contributed by atoms with Crippen LogP contribution in [0.4, 0.5) is 5.69 Å². The fraction of sp³-hybridized carbons (Fsp3) is 0.529. The Morgan fingerprint density at radius 2 is 2.04 bits per heavy atom. The summed E-state index contributed by atoms with van der Waals surface area (Å²) in [5.41, 5.74) is 0.618. The van der Waals surface area contributed by atoms with Crippen molar-refractivity contribution in [2.75, 3.05) is 25.6 Å². The van der Waals surface area contributed by atoms with Gasteiger partial charge in [0.2, 0.25) is 5.91 Å². The summed E-state index contributed by atoms with van der Waals surface area (Å²) in [6.45, 7) is 0.791. The van der Waals surface area contributed by atoms with E-state index in [2.05, 4.69) is 16.0 Å². The van der Waals surface area contributed by atoms with Gasteiger partial charge in [-0.3, -0.25) is 9.59 Å². The molecule has 0 bridgehead atoms. The van der Waals surface area contributed by atoms with E-state index in [1.54, 1.807) is 18.2 Å². The summed E-state index contributed by atoms with van der Waals surface area (Å²) in [6, 6.07) is 5.29. The van der Waals surface area contributed by atoms with Crippen LogP contribution in [0.25, 0.3) is 0 Å². The number of halogens is 1. The SMILES string of the molecule is COc1ccc(NC(=O)C2CCCN2)cc1OCC(=O)NC1CC1.Cl. The molecule has 0 radical (unpaired) electrons. The van der Waals surface area contributed by atoms with E-state index in [1.807, 2.05) is 0 Å². The van der Waals surface area contributed by atoms with Crippen molar-refractivity contribution >= 4 is 29.9 Å². The summed E-state index contributed by atoms with van der Waals surface area (Å²) in [7, 11) is 1.53. The zero-order valence-electron chi connectivity index (χ0n) is 14.2. The number of carbonyl (C=O) groups excluding carboxylic acids is 2. The van der Waals surface area contributed by atoms with Gasteiger partial charge in [-0.2, -0.15) is 0 Å². The highest BCUT2D eigenvalue weighted by Gasteiger charge is 2.24. The molecule has 1 aliphatic heterocycles. The second kappa shape index (κ2) is 8.92. The number of amides is 2. The fourth-order valence-electron chi connectivity index (χ4n) is 2.65. The maximum atomic E-state index is 12.2. The first-order valence-electron chi connectivity index (χ1n) is 8.30. The molecule has 1 saturated heterocycles. The minimum absolute atomic E-state index is 0. The predicted molar refractivity (Wildman–Crippen MR) is 96.6 cm³/mol. The monoisotopic (exact) mass is 369 g/mol. The van der Waals surface area contributed by atoms with E-state index >= 15 is 0 Å². The Morgan fingerprint density at radius 3 is 2.68 bits per heavy atom. The molecular formula is C17H24ClN3O4. The van der Waals surface area contributed by atoms with Crippen molar-refractivity contribution in [3.63, 3.8) is 0 Å². The largest absolute Gasteiger partial charge is 0.493 e. The third kappa shape index (κ3) is 5.51. The molecule has 3 rings (SSSR count). The van der Waals surface area contributed by atoms with Crippen LogP contribution in [-0.2, 0) is 9.59 Å². The van der Waals surface area contributed by atoms with Gasteiger partial charge in [-0.25, -0.2) is 0 Å². The van der Waals surface area contributed by atoms with E-state index < -0.39 is 0 Å². The number of rotatable bonds is 7. The Balaban J connectivity index is 0.00000225. The predicted octanol–water partition coefficient (Wildman–Crippen LogP) is 1.46. The zero-order valence-corrected chi connectivity index (χ0v) is 15.0. The molecule has 8 heteroatoms. The van der Waals surface area contributed by atoms with Crippen LogP contribution in [0.2, 0.25) is 0 Å². The van der Waals surface area contributed by atoms with Crippen LogP contribution < -0.4 is 25.4 Å². The number of hydrogen-bond donors (Lipinski definition) is 3. The average Bonchev–Trinajstić information content (AvgIpc) is 3.21. The van der Waals surface area contributed by atoms with Gasteiger partial charge in [0.15, 0.2) is 18.1 Å². The molecule has 0 aromatic heterocycles. The number of carbonyl (C=O) groups is 2. The molecular weight excluding hydrogens is 346 g/mol. The minimum atomic E-state index is -0.152. The van der Waals surface area contributed by atoms with Gasteiger partial charge in [-0.05, 0) is 44.4 Å². The fourth-order valence-corrected chi connectivity index (χ4v) is 2.65. The first kappa shape index (κ1) is 19.3. The van der Waals surface area contributed by atoms with Gasteiger partial charge in [0.05, 0.1) is 13.2 Å². The molecule has 1 aliphatic carbocycles. The Bertz CT molecular complexity index is 616. The first-order valence-corrected chi connectivity index (χ1v) is 8.30. The second-order valence-electron chi connectivity index (χ2n) is 6.13. The first-order chi connectivity index (χ1) is 11.7. The number of anilines is 1. The van der Waals surface area contributed by atoms with E-state index in [9.17, 15) is 9.59 Å². The summed E-state index contributed by atoms with van der Waals surface area (Å²) >= 11 is 0. The lowest BCUT2D eigenvalue weighted by atomic mass is 10.2. The number of hydrogen-bond acceptors (Lipinski definition) is 5. The Labute approximate surface area is 153 Å². The summed E-state index contributed by atoms with van der Waals surface area (Å²) < 4.78 is 10.8. The van der Waals surface area contributed by atoms with Crippen molar-refractivity contribution in [2.24, 2.45) is 0 Å². The smallest absolute Gasteiger partial charge is 0.258 e. The van der Waals surface area contributed by atoms with Crippen molar-refractivity contribution in [3.8, 4) is 11.5 Å². The molecule has 1 aromatic rings. The molecule has 1 saturated carbocycles. The summed E-state index contributed by atoms with van der Waals surface area (Å²) in [5.74, 6) is 0.742. The van der Waals surface area contributed by atoms with Gasteiger partial charge in [0.1, 0.15) is 0 Å². The average molecular weight is 370 g/mol. The van der Waals surface area contributed by atoms with Crippen molar-refractivity contribution in [3.05, 3.63) is 18.2 Å². The van der Waals surface area contributed by atoms with E-state index in [-0.39, 0.29) is 36.9 Å². The number of benzene rings is 1. The summed E-state index contributed by atoms with van der Waals surface area (Å²) in [6.07, 6.45) is 3.91. The molecule has 3 N–H and O–H groups in total. The molecule has 7 nitrogen and oxygen atoms in total. The molecule has 25 heavy (non-hydrogen) atoms. The van der Waals surface area contributed by atoms with E-state index in [4.69, 9.17) is 9.47 Å². The van der Waals surface area contributed by atoms with Gasteiger partial charge < -0.3 is 25.4 Å². The number of nitrogens with one attached hydrogen (secondary N) is 3. The Morgan fingerprint density at radius 1 is 1.24 bits per heavy atom. The molecule has 1 aromatic carbocycles. The molecule has 2 aliphatic rings. The maximum absolute atomic E-state index is 12.2. The topological polar surface area (TPSA) is 88.7 Å². The quantitative estimate of drug-likeness (QED) is 0.677. The van der Waals surface area contributed by atoms with E-state index in [0.29, 0.717) is 23.2 Å². The van der Waals surface area contributed by atoms with Crippen LogP contribution in [0.1, 0.15) is 25.7 Å². The van der Waals surface area contributed by atoms with Crippen molar-refractivity contribution in [1.29, 1.82) is 0 Å². The van der Waals surface area contributed by atoms with Gasteiger partial charge in [0.25, 0.3) is 5.91 Å². The van der Waals surface area contributed by atoms with E-state index in [1.165, 1.54) is 7.11 Å². The summed E-state index contributed by atoms with van der Waals surface area (Å²) in [4.78, 5) is 23.9. The molecule has 1 heterocycles. The van der Waals surface area contributed by atoms with Crippen LogP contribution in [0, 0.1) is 0 Å². The molecule has 138 valence electrons. The molecule has 0 spiro atoms. The summed E-state index contributed by atoms with van der Waals surface area (Å²) in [5, 5.41) is 8.89. The lowest BCUT2D eigenvalue weighted by Gasteiger charge is -2.14. The van der Waals surface area contributed by atoms with Crippen LogP contribution in [0.15, 0.2) is 18.2 Å². The van der Waals surface area contributed by atoms with Crippen LogP contribution >= 0.6 is 12.4 Å². The molecule has 1 unspecified atom stereocenters. The van der Waals surface area contributed by atoms with Crippen LogP contribution in [0.3, 0.4) is 0 Å². The Hall–Kier alpha value is -1.99. The van der Waals surface area contributed by atoms with Crippen LogP contribution in [-0.4, -0.2) is 44.2 Å². The van der Waals surface area contributed by atoms with Gasteiger partial charge in [-0.15, -0.1) is 12.4 Å². The van der Waals surface area contributed by atoms with Crippen molar-refractivity contribution in [2.45, 2.75) is 37.8 Å². The molecule has 2 amide bonds. The minimum Gasteiger partial charge on any atom is -0.493 e. The Kier molecular flexibility index (Phi) is 6.90. The molecule has 1 atom stereocenters. The van der Waals surface area contributed by atoms with E-state index in [0.717, 1.165) is 32.2 Å². The lowest BCUT2D eigenvalue weighted by molar-refractivity contribution is -0.123. The lowest BCUT2D eigenvalue weighted by Crippen LogP contribution is -2.35. The maximum Gasteiger partial charge on any atom is 0.258 e. The van der Waals surface area contributed by atoms with Gasteiger partial charge in [-0.1, -0.05) is 0 Å². The number of methoxy groups -OCH3 is 1. The second-order valence-corrected chi connectivity index (χ2v) is 6.13. The molecule has 2 fully saturated rings. The van der Waals surface area contributed by atoms with Crippen molar-refractivity contribution in [1.82, 2.24) is 10.6 Å². The van der Waals surface area contributed by atoms with Gasteiger partial charge >= 0.3 is 0 Å². The highest BCUT2D eigenvalue weighted by molar-refractivity contribution is 5.95. The standard InChI is InChI=1S/C17H23N3O4.ClH/c1-23-14-7-6-12(20-17(22)13-3-2-8-18-13)9-15(14)24-10-16(21)19-11-4-5-11;/h6-7,9,11,13,18H,2-5,8,10H2,1H3,(H,19,21)(H,20,22);1H.